The van der Waals surface area contributed by atoms with Gasteiger partial charge in [-0.3, -0.25) is 0 Å². The quantitative estimate of drug-likeness (QED) is 0.832. The van der Waals surface area contributed by atoms with Gasteiger partial charge in [0.2, 0.25) is 0 Å². The highest BCUT2D eigenvalue weighted by molar-refractivity contribution is 5.35. The van der Waals surface area contributed by atoms with Crippen LogP contribution in [-0.4, -0.2) is 50.7 Å². The zero-order chi connectivity index (χ0) is 14.7. The molecule has 1 aliphatic rings. The molecule has 1 aromatic heterocycles. The van der Waals surface area contributed by atoms with Crippen LogP contribution in [0.3, 0.4) is 0 Å². The first-order valence-corrected chi connectivity index (χ1v) is 7.03. The van der Waals surface area contributed by atoms with Crippen molar-refractivity contribution in [1.29, 1.82) is 0 Å². The Hall–Kier alpha value is -1.83. The van der Waals surface area contributed by atoms with Crippen LogP contribution in [-0.2, 0) is 4.74 Å². The number of rotatable bonds is 5. The molecule has 2 N–H and O–H groups in total. The number of hydrogen-bond acceptors (Lipinski definition) is 6. The molecule has 7 heteroatoms. The van der Waals surface area contributed by atoms with Crippen LogP contribution in [0.1, 0.15) is 24.9 Å². The van der Waals surface area contributed by atoms with Crippen molar-refractivity contribution in [3.63, 3.8) is 0 Å². The molecular formula is C14H19N5O2. The largest absolute Gasteiger partial charge is 0.386 e. The van der Waals surface area contributed by atoms with Gasteiger partial charge in [-0.25, -0.2) is 4.68 Å². The van der Waals surface area contributed by atoms with Crippen LogP contribution in [0, 0.1) is 0 Å². The minimum atomic E-state index is -0.748. The summed E-state index contributed by atoms with van der Waals surface area (Å²) in [5.41, 5.74) is 1.28. The predicted octanol–water partition coefficient (Wildman–Crippen LogP) is 0.464. The molecule has 112 valence electrons. The summed E-state index contributed by atoms with van der Waals surface area (Å²) in [6.07, 6.45) is 2.24. The van der Waals surface area contributed by atoms with Gasteiger partial charge in [-0.2, -0.15) is 0 Å². The second-order valence-corrected chi connectivity index (χ2v) is 5.48. The molecule has 0 bridgehead atoms. The smallest absolute Gasteiger partial charge is 0.143 e. The topological polar surface area (TPSA) is 85.1 Å². The van der Waals surface area contributed by atoms with Crippen LogP contribution < -0.4 is 5.32 Å². The van der Waals surface area contributed by atoms with Crippen LogP contribution in [0.2, 0.25) is 0 Å². The summed E-state index contributed by atoms with van der Waals surface area (Å²) in [6.45, 7) is 3.61. The van der Waals surface area contributed by atoms with E-state index in [2.05, 4.69) is 27.8 Å². The van der Waals surface area contributed by atoms with Crippen molar-refractivity contribution in [3.8, 4) is 5.69 Å². The summed E-state index contributed by atoms with van der Waals surface area (Å²) >= 11 is 0. The van der Waals surface area contributed by atoms with Gasteiger partial charge in [0.1, 0.15) is 11.9 Å². The van der Waals surface area contributed by atoms with Gasteiger partial charge in [-0.1, -0.05) is 12.1 Å². The van der Waals surface area contributed by atoms with Crippen LogP contribution in [0.15, 0.2) is 30.6 Å². The van der Waals surface area contributed by atoms with Gasteiger partial charge >= 0.3 is 0 Å². The fourth-order valence-electron chi connectivity index (χ4n) is 2.41. The van der Waals surface area contributed by atoms with E-state index in [1.54, 1.807) is 11.0 Å². The number of aromatic nitrogens is 4. The first-order valence-electron chi connectivity index (χ1n) is 7.03. The van der Waals surface area contributed by atoms with E-state index in [0.29, 0.717) is 26.2 Å². The monoisotopic (exact) mass is 289 g/mol. The van der Waals surface area contributed by atoms with Gasteiger partial charge in [-0.05, 0) is 35.0 Å². The highest BCUT2D eigenvalue weighted by Crippen LogP contribution is 2.20. The number of hydrogen-bond donors (Lipinski definition) is 2. The number of benzene rings is 1. The zero-order valence-electron chi connectivity index (χ0n) is 11.9. The molecule has 1 aliphatic heterocycles. The maximum atomic E-state index is 10.3. The number of ether oxygens (including phenoxy) is 1. The number of tetrazole rings is 1. The van der Waals surface area contributed by atoms with Crippen molar-refractivity contribution in [2.75, 3.05) is 19.8 Å². The highest BCUT2D eigenvalue weighted by Gasteiger charge is 2.32. The van der Waals surface area contributed by atoms with E-state index in [-0.39, 0.29) is 6.04 Å². The number of aliphatic hydroxyl groups is 1. The summed E-state index contributed by atoms with van der Waals surface area (Å²) < 4.78 is 6.87. The molecule has 21 heavy (non-hydrogen) atoms. The van der Waals surface area contributed by atoms with Gasteiger partial charge < -0.3 is 15.2 Å². The zero-order valence-corrected chi connectivity index (χ0v) is 11.9. The van der Waals surface area contributed by atoms with Gasteiger partial charge in [0, 0.05) is 25.6 Å². The van der Waals surface area contributed by atoms with E-state index in [1.807, 2.05) is 24.3 Å². The standard InChI is InChI=1S/C14H19N5O2/c1-11(15-8-14(20)5-6-21-9-14)12-3-2-4-13(7-12)19-10-16-17-18-19/h2-4,7,10-11,15,20H,5-6,8-9H2,1H3. The molecule has 1 aromatic carbocycles. The third-order valence-electron chi connectivity index (χ3n) is 3.80. The Kier molecular flexibility index (Phi) is 3.96. The third-order valence-corrected chi connectivity index (χ3v) is 3.80. The summed E-state index contributed by atoms with van der Waals surface area (Å²) in [7, 11) is 0. The lowest BCUT2D eigenvalue weighted by Crippen LogP contribution is -2.41. The molecule has 0 saturated carbocycles. The maximum absolute atomic E-state index is 10.3. The molecule has 2 unspecified atom stereocenters. The first-order chi connectivity index (χ1) is 10.2. The Morgan fingerprint density at radius 2 is 2.43 bits per heavy atom. The lowest BCUT2D eigenvalue weighted by molar-refractivity contribution is 0.0252. The molecule has 3 rings (SSSR count). The van der Waals surface area contributed by atoms with E-state index in [4.69, 9.17) is 4.74 Å². The molecule has 0 aliphatic carbocycles. The Morgan fingerprint density at radius 1 is 1.52 bits per heavy atom. The number of nitrogens with zero attached hydrogens (tertiary/aromatic N) is 4. The molecule has 0 spiro atoms. The van der Waals surface area contributed by atoms with E-state index in [0.717, 1.165) is 11.3 Å². The fraction of sp³-hybridized carbons (Fsp3) is 0.500. The van der Waals surface area contributed by atoms with Crippen LogP contribution in [0.5, 0.6) is 0 Å². The van der Waals surface area contributed by atoms with Crippen LogP contribution in [0.25, 0.3) is 5.69 Å². The molecule has 2 heterocycles. The van der Waals surface area contributed by atoms with Gasteiger partial charge in [0.05, 0.1) is 12.3 Å². The molecule has 2 atom stereocenters. The summed E-state index contributed by atoms with van der Waals surface area (Å²) in [4.78, 5) is 0. The second-order valence-electron chi connectivity index (χ2n) is 5.48. The molecule has 0 amide bonds. The normalized spacial score (nSPS) is 23.3. The Bertz CT molecular complexity index is 581. The van der Waals surface area contributed by atoms with E-state index in [9.17, 15) is 5.11 Å². The number of nitrogens with one attached hydrogen (secondary N) is 1. The lowest BCUT2D eigenvalue weighted by atomic mass is 10.0. The molecular weight excluding hydrogens is 270 g/mol. The minimum absolute atomic E-state index is 0.117. The Balaban J connectivity index is 1.67. The second kappa shape index (κ2) is 5.88. The molecule has 1 saturated heterocycles. The molecule has 7 nitrogen and oxygen atoms in total. The van der Waals surface area contributed by atoms with Crippen molar-refractivity contribution in [2.45, 2.75) is 25.0 Å². The minimum Gasteiger partial charge on any atom is -0.386 e. The van der Waals surface area contributed by atoms with E-state index in [1.165, 1.54) is 0 Å². The van der Waals surface area contributed by atoms with Gasteiger partial charge in [0.25, 0.3) is 0 Å². The van der Waals surface area contributed by atoms with Crippen molar-refractivity contribution in [3.05, 3.63) is 36.2 Å². The fourth-order valence-corrected chi connectivity index (χ4v) is 2.41. The Morgan fingerprint density at radius 3 is 3.14 bits per heavy atom. The van der Waals surface area contributed by atoms with E-state index >= 15 is 0 Å². The predicted molar refractivity (Wildman–Crippen MR) is 76.0 cm³/mol. The first kappa shape index (κ1) is 14.1. The SMILES string of the molecule is CC(NCC1(O)CCOC1)c1cccc(-n2cnnn2)c1. The van der Waals surface area contributed by atoms with Crippen molar-refractivity contribution in [2.24, 2.45) is 0 Å². The van der Waals surface area contributed by atoms with Gasteiger partial charge in [0.15, 0.2) is 0 Å². The Labute approximate surface area is 122 Å². The van der Waals surface area contributed by atoms with Crippen molar-refractivity contribution >= 4 is 0 Å². The van der Waals surface area contributed by atoms with Gasteiger partial charge in [-0.15, -0.1) is 5.10 Å². The molecule has 2 aromatic rings. The van der Waals surface area contributed by atoms with Crippen molar-refractivity contribution < 1.29 is 9.84 Å². The van der Waals surface area contributed by atoms with Crippen molar-refractivity contribution in [1.82, 2.24) is 25.5 Å². The molecule has 1 fully saturated rings. The maximum Gasteiger partial charge on any atom is 0.143 e. The highest BCUT2D eigenvalue weighted by atomic mass is 16.5. The summed E-state index contributed by atoms with van der Waals surface area (Å²) in [5, 5.41) is 24.8. The van der Waals surface area contributed by atoms with Crippen LogP contribution in [0.4, 0.5) is 0 Å². The molecule has 0 radical (unpaired) electrons. The van der Waals surface area contributed by atoms with E-state index < -0.39 is 5.60 Å². The third kappa shape index (κ3) is 3.26. The average Bonchev–Trinajstić information content (AvgIpc) is 3.17. The summed E-state index contributed by atoms with van der Waals surface area (Å²) in [6, 6.07) is 8.11. The average molecular weight is 289 g/mol. The lowest BCUT2D eigenvalue weighted by Gasteiger charge is -2.24. The van der Waals surface area contributed by atoms with Crippen LogP contribution >= 0.6 is 0 Å². The summed E-state index contributed by atoms with van der Waals surface area (Å²) in [5.74, 6) is 0.